The van der Waals surface area contributed by atoms with Gasteiger partial charge in [0.2, 0.25) is 0 Å². The van der Waals surface area contributed by atoms with Crippen molar-refractivity contribution in [1.29, 1.82) is 0 Å². The van der Waals surface area contributed by atoms with Crippen LogP contribution in [-0.4, -0.2) is 33.3 Å². The molecule has 0 radical (unpaired) electrons. The number of benzene rings is 2. The summed E-state index contributed by atoms with van der Waals surface area (Å²) in [6, 6.07) is 20.5. The fraction of sp³-hybridized carbons (Fsp3) is 0.208. The van der Waals surface area contributed by atoms with Crippen LogP contribution >= 0.6 is 11.8 Å². The number of thioether (sulfide) groups is 1. The molecular weight excluding hydrogens is 408 g/mol. The zero-order valence-corrected chi connectivity index (χ0v) is 18.2. The highest BCUT2D eigenvalue weighted by Gasteiger charge is 2.30. The second kappa shape index (κ2) is 8.07. The van der Waals surface area contributed by atoms with Crippen LogP contribution in [0.2, 0.25) is 0 Å². The molecule has 0 saturated carbocycles. The summed E-state index contributed by atoms with van der Waals surface area (Å²) in [5, 5.41) is 1.01. The van der Waals surface area contributed by atoms with Gasteiger partial charge in [0.25, 0.3) is 0 Å². The third kappa shape index (κ3) is 3.88. The maximum Gasteiger partial charge on any atom is 0.415 e. The smallest absolute Gasteiger partial charge is 0.415 e. The Morgan fingerprint density at radius 1 is 1.06 bits per heavy atom. The Morgan fingerprint density at radius 2 is 1.84 bits per heavy atom. The minimum Gasteiger partial charge on any atom is -0.444 e. The van der Waals surface area contributed by atoms with E-state index >= 15 is 0 Å². The number of ether oxygens (including phenoxy) is 1. The number of anilines is 1. The minimum absolute atomic E-state index is 0.108. The fourth-order valence-electron chi connectivity index (χ4n) is 3.70. The number of cyclic esters (lactones) is 1. The molecule has 0 N–H and O–H groups in total. The molecule has 1 aliphatic heterocycles. The van der Waals surface area contributed by atoms with E-state index in [9.17, 15) is 4.79 Å². The van der Waals surface area contributed by atoms with Crippen molar-refractivity contribution < 1.29 is 9.53 Å². The number of para-hydroxylation sites is 2. The predicted molar refractivity (Wildman–Crippen MR) is 123 cm³/mol. The number of carbonyl (C=O) groups excluding carboxylic acids is 1. The molecule has 5 rings (SSSR count). The van der Waals surface area contributed by atoms with Crippen molar-refractivity contribution in [2.45, 2.75) is 23.9 Å². The number of pyridine rings is 1. The number of carbonyl (C=O) groups is 1. The van der Waals surface area contributed by atoms with Crippen molar-refractivity contribution in [1.82, 2.24) is 14.5 Å². The van der Waals surface area contributed by atoms with Gasteiger partial charge in [-0.25, -0.2) is 14.8 Å². The highest BCUT2D eigenvalue weighted by atomic mass is 32.2. The van der Waals surface area contributed by atoms with Crippen LogP contribution in [0.3, 0.4) is 0 Å². The van der Waals surface area contributed by atoms with Gasteiger partial charge >= 0.3 is 6.09 Å². The molecule has 0 unspecified atom stereocenters. The number of hydrogen-bond donors (Lipinski definition) is 0. The average molecular weight is 431 g/mol. The van der Waals surface area contributed by atoms with Crippen LogP contribution in [0.4, 0.5) is 10.6 Å². The number of aryl methyl sites for hydroxylation is 1. The van der Waals surface area contributed by atoms with Crippen molar-refractivity contribution in [3.63, 3.8) is 0 Å². The molecule has 2 aromatic heterocycles. The van der Waals surface area contributed by atoms with Crippen molar-refractivity contribution >= 4 is 34.7 Å². The molecule has 1 saturated heterocycles. The Balaban J connectivity index is 1.26. The van der Waals surface area contributed by atoms with E-state index in [1.165, 1.54) is 5.56 Å². The number of aromatic nitrogens is 3. The SMILES string of the molecule is C[C@H]1CN(c2ccc(-c3ccc(CSc4nc5ccccc5n4C)cc3)cn2)C(=O)O1. The van der Waals surface area contributed by atoms with E-state index in [4.69, 9.17) is 9.72 Å². The van der Waals surface area contributed by atoms with Gasteiger partial charge in [0.05, 0.1) is 17.6 Å². The lowest BCUT2D eigenvalue weighted by Gasteiger charge is -2.12. The number of fused-ring (bicyclic) bond motifs is 1. The Labute approximate surface area is 184 Å². The maximum absolute atomic E-state index is 11.9. The molecule has 1 fully saturated rings. The highest BCUT2D eigenvalue weighted by molar-refractivity contribution is 7.98. The van der Waals surface area contributed by atoms with Gasteiger partial charge in [0, 0.05) is 24.6 Å². The van der Waals surface area contributed by atoms with Gasteiger partial charge in [0.15, 0.2) is 5.16 Å². The van der Waals surface area contributed by atoms with Crippen molar-refractivity contribution in [3.8, 4) is 11.1 Å². The van der Waals surface area contributed by atoms with Crippen LogP contribution in [0.1, 0.15) is 12.5 Å². The summed E-state index contributed by atoms with van der Waals surface area (Å²) >= 11 is 1.73. The predicted octanol–water partition coefficient (Wildman–Crippen LogP) is 5.27. The van der Waals surface area contributed by atoms with Crippen molar-refractivity contribution in [2.75, 3.05) is 11.4 Å². The van der Waals surface area contributed by atoms with Gasteiger partial charge in [-0.05, 0) is 42.3 Å². The monoisotopic (exact) mass is 430 g/mol. The molecule has 3 heterocycles. The van der Waals surface area contributed by atoms with E-state index in [0.717, 1.165) is 33.1 Å². The first-order chi connectivity index (χ1) is 15.1. The topological polar surface area (TPSA) is 60.2 Å². The zero-order chi connectivity index (χ0) is 21.4. The molecular formula is C24H22N4O2S. The number of nitrogens with zero attached hydrogens (tertiary/aromatic N) is 4. The zero-order valence-electron chi connectivity index (χ0n) is 17.4. The highest BCUT2D eigenvalue weighted by Crippen LogP contribution is 2.28. The van der Waals surface area contributed by atoms with E-state index in [-0.39, 0.29) is 12.2 Å². The van der Waals surface area contributed by atoms with Crippen LogP contribution in [-0.2, 0) is 17.5 Å². The Bertz CT molecular complexity index is 1230. The van der Waals surface area contributed by atoms with Gasteiger partial charge < -0.3 is 9.30 Å². The van der Waals surface area contributed by atoms with Gasteiger partial charge in [0.1, 0.15) is 11.9 Å². The molecule has 0 spiro atoms. The van der Waals surface area contributed by atoms with Crippen molar-refractivity contribution in [3.05, 3.63) is 72.4 Å². The van der Waals surface area contributed by atoms with Gasteiger partial charge in [-0.15, -0.1) is 0 Å². The summed E-state index contributed by atoms with van der Waals surface area (Å²) in [5.41, 5.74) is 5.51. The summed E-state index contributed by atoms with van der Waals surface area (Å²) in [4.78, 5) is 22.6. The molecule has 31 heavy (non-hydrogen) atoms. The summed E-state index contributed by atoms with van der Waals surface area (Å²) in [7, 11) is 2.06. The quantitative estimate of drug-likeness (QED) is 0.404. The molecule has 4 aromatic rings. The second-order valence-corrected chi connectivity index (χ2v) is 8.58. The van der Waals surface area contributed by atoms with E-state index in [1.807, 2.05) is 37.3 Å². The Kier molecular flexibility index (Phi) is 5.11. The van der Waals surface area contributed by atoms with E-state index in [0.29, 0.717) is 12.4 Å². The van der Waals surface area contributed by atoms with E-state index in [2.05, 4.69) is 46.9 Å². The summed E-state index contributed by atoms with van der Waals surface area (Å²) in [6.45, 7) is 2.41. The molecule has 1 atom stereocenters. The molecule has 1 amide bonds. The second-order valence-electron chi connectivity index (χ2n) is 7.64. The lowest BCUT2D eigenvalue weighted by molar-refractivity contribution is 0.150. The number of hydrogen-bond acceptors (Lipinski definition) is 5. The van der Waals surface area contributed by atoms with Crippen LogP contribution < -0.4 is 4.90 Å². The third-order valence-corrected chi connectivity index (χ3v) is 6.49. The van der Waals surface area contributed by atoms with E-state index < -0.39 is 0 Å². The molecule has 0 aliphatic carbocycles. The Hall–Kier alpha value is -3.32. The first kappa shape index (κ1) is 19.6. The normalized spacial score (nSPS) is 16.1. The molecule has 156 valence electrons. The summed E-state index contributed by atoms with van der Waals surface area (Å²) < 4.78 is 7.31. The van der Waals surface area contributed by atoms with Crippen LogP contribution in [0.15, 0.2) is 72.0 Å². The number of amides is 1. The lowest BCUT2D eigenvalue weighted by atomic mass is 10.1. The number of imidazole rings is 1. The molecule has 6 nitrogen and oxygen atoms in total. The molecule has 2 aromatic carbocycles. The van der Waals surface area contributed by atoms with Crippen molar-refractivity contribution in [2.24, 2.45) is 7.05 Å². The first-order valence-corrected chi connectivity index (χ1v) is 11.1. The average Bonchev–Trinajstić information content (AvgIpc) is 3.31. The van der Waals surface area contributed by atoms with Crippen LogP contribution in [0, 0.1) is 0 Å². The standard InChI is InChI=1S/C24H22N4O2S/c1-16-14-28(24(29)30-16)22-12-11-19(13-25-22)18-9-7-17(8-10-18)15-31-23-26-20-5-3-4-6-21(20)27(23)2/h3-13,16H,14-15H2,1-2H3/t16-/m0/s1. The third-order valence-electron chi connectivity index (χ3n) is 5.39. The van der Waals surface area contributed by atoms with Gasteiger partial charge in [-0.3, -0.25) is 4.90 Å². The minimum atomic E-state index is -0.338. The van der Waals surface area contributed by atoms with Gasteiger partial charge in [-0.1, -0.05) is 48.2 Å². The lowest BCUT2D eigenvalue weighted by Crippen LogP contribution is -2.24. The first-order valence-electron chi connectivity index (χ1n) is 10.2. The van der Waals surface area contributed by atoms with E-state index in [1.54, 1.807) is 22.9 Å². The van der Waals surface area contributed by atoms with Crippen LogP contribution in [0.5, 0.6) is 0 Å². The van der Waals surface area contributed by atoms with Crippen LogP contribution in [0.25, 0.3) is 22.2 Å². The molecule has 1 aliphatic rings. The maximum atomic E-state index is 11.9. The fourth-order valence-corrected chi connectivity index (χ4v) is 4.65. The molecule has 7 heteroatoms. The molecule has 0 bridgehead atoms. The Morgan fingerprint density at radius 3 is 2.52 bits per heavy atom. The van der Waals surface area contributed by atoms with Gasteiger partial charge in [-0.2, -0.15) is 0 Å². The largest absolute Gasteiger partial charge is 0.444 e. The number of rotatable bonds is 5. The summed E-state index contributed by atoms with van der Waals surface area (Å²) in [5.74, 6) is 1.47. The summed E-state index contributed by atoms with van der Waals surface area (Å²) in [6.07, 6.45) is 1.35.